The second-order valence-electron chi connectivity index (χ2n) is 4.76. The zero-order valence-corrected chi connectivity index (χ0v) is 12.9. The maximum Gasteiger partial charge on any atom is 0.239 e. The highest BCUT2D eigenvalue weighted by Gasteiger charge is 2.25. The number of piperazine rings is 1. The molecule has 0 aliphatic carbocycles. The molecule has 0 saturated carbocycles. The molecule has 2 unspecified atom stereocenters. The number of hydrogen-bond donors (Lipinski definition) is 3. The highest BCUT2D eigenvalue weighted by atomic mass is 79.9. The van der Waals surface area contributed by atoms with Gasteiger partial charge in [0, 0.05) is 11.0 Å². The van der Waals surface area contributed by atoms with E-state index in [1.54, 1.807) is 0 Å². The summed E-state index contributed by atoms with van der Waals surface area (Å²) in [6, 6.07) is 7.53. The predicted octanol–water partition coefficient (Wildman–Crippen LogP) is 1.10. The lowest BCUT2D eigenvalue weighted by molar-refractivity contribution is -0.127. The first-order chi connectivity index (χ1) is 9.60. The van der Waals surface area contributed by atoms with E-state index in [4.69, 9.17) is 0 Å². The molecule has 2 rings (SSSR count). The minimum atomic E-state index is -0.364. The fourth-order valence-electron chi connectivity index (χ4n) is 2.14. The van der Waals surface area contributed by atoms with Crippen LogP contribution in [0.2, 0.25) is 0 Å². The number of rotatable bonds is 4. The van der Waals surface area contributed by atoms with E-state index in [2.05, 4.69) is 31.9 Å². The van der Waals surface area contributed by atoms with E-state index < -0.39 is 0 Å². The molecule has 1 heterocycles. The Balaban J connectivity index is 1.97. The number of halogens is 1. The summed E-state index contributed by atoms with van der Waals surface area (Å²) in [5.74, 6) is -0.159. The van der Waals surface area contributed by atoms with Crippen LogP contribution in [0.5, 0.6) is 0 Å². The van der Waals surface area contributed by atoms with Crippen LogP contribution >= 0.6 is 15.9 Å². The SMILES string of the molecule is CCC(NC(=O)C1CNC(=O)CN1)c1ccc(Br)cc1. The first-order valence-electron chi connectivity index (χ1n) is 6.66. The van der Waals surface area contributed by atoms with Gasteiger partial charge in [-0.3, -0.25) is 14.9 Å². The van der Waals surface area contributed by atoms with Gasteiger partial charge in [0.1, 0.15) is 6.04 Å². The molecule has 1 fully saturated rings. The molecule has 2 amide bonds. The monoisotopic (exact) mass is 339 g/mol. The van der Waals surface area contributed by atoms with E-state index in [1.165, 1.54) is 0 Å². The first kappa shape index (κ1) is 15.0. The van der Waals surface area contributed by atoms with Gasteiger partial charge in [0.25, 0.3) is 0 Å². The topological polar surface area (TPSA) is 70.2 Å². The average Bonchev–Trinajstić information content (AvgIpc) is 2.46. The Morgan fingerprint density at radius 1 is 1.45 bits per heavy atom. The minimum absolute atomic E-state index is 0.0185. The van der Waals surface area contributed by atoms with E-state index in [0.29, 0.717) is 6.54 Å². The van der Waals surface area contributed by atoms with Crippen molar-refractivity contribution in [2.24, 2.45) is 0 Å². The molecular weight excluding hydrogens is 322 g/mol. The maximum absolute atomic E-state index is 12.2. The molecule has 0 radical (unpaired) electrons. The van der Waals surface area contributed by atoms with Gasteiger partial charge in [0.2, 0.25) is 11.8 Å². The van der Waals surface area contributed by atoms with Crippen molar-refractivity contribution in [1.82, 2.24) is 16.0 Å². The van der Waals surface area contributed by atoms with Crippen LogP contribution in [0.4, 0.5) is 0 Å². The lowest BCUT2D eigenvalue weighted by Gasteiger charge is -2.26. The molecule has 0 spiro atoms. The highest BCUT2D eigenvalue weighted by Crippen LogP contribution is 2.19. The average molecular weight is 340 g/mol. The summed E-state index contributed by atoms with van der Waals surface area (Å²) in [6.45, 7) is 2.55. The molecule has 5 nitrogen and oxygen atoms in total. The fraction of sp³-hybridized carbons (Fsp3) is 0.429. The predicted molar refractivity (Wildman–Crippen MR) is 80.1 cm³/mol. The van der Waals surface area contributed by atoms with Crippen LogP contribution in [-0.4, -0.2) is 30.9 Å². The van der Waals surface area contributed by atoms with Gasteiger partial charge in [-0.05, 0) is 24.1 Å². The Morgan fingerprint density at radius 3 is 2.70 bits per heavy atom. The second-order valence-corrected chi connectivity index (χ2v) is 5.67. The summed E-state index contributed by atoms with van der Waals surface area (Å²) in [7, 11) is 0. The maximum atomic E-state index is 12.2. The summed E-state index contributed by atoms with van der Waals surface area (Å²) in [4.78, 5) is 23.2. The van der Waals surface area contributed by atoms with Crippen molar-refractivity contribution < 1.29 is 9.59 Å². The Hall–Kier alpha value is -1.40. The Labute approximate surface area is 126 Å². The summed E-state index contributed by atoms with van der Waals surface area (Å²) in [6.07, 6.45) is 0.812. The summed E-state index contributed by atoms with van der Waals surface area (Å²) < 4.78 is 1.01. The number of amides is 2. The van der Waals surface area contributed by atoms with Gasteiger partial charge in [-0.2, -0.15) is 0 Å². The molecule has 0 aromatic heterocycles. The number of carbonyl (C=O) groups excluding carboxylic acids is 2. The number of benzene rings is 1. The van der Waals surface area contributed by atoms with Gasteiger partial charge in [0.15, 0.2) is 0 Å². The largest absolute Gasteiger partial charge is 0.353 e. The zero-order chi connectivity index (χ0) is 14.5. The van der Waals surface area contributed by atoms with Crippen LogP contribution in [0.3, 0.4) is 0 Å². The van der Waals surface area contributed by atoms with Crippen molar-refractivity contribution in [1.29, 1.82) is 0 Å². The van der Waals surface area contributed by atoms with E-state index in [9.17, 15) is 9.59 Å². The molecule has 0 bridgehead atoms. The molecule has 20 heavy (non-hydrogen) atoms. The normalized spacial score (nSPS) is 20.1. The first-order valence-corrected chi connectivity index (χ1v) is 7.45. The fourth-order valence-corrected chi connectivity index (χ4v) is 2.40. The number of nitrogens with one attached hydrogen (secondary N) is 3. The van der Waals surface area contributed by atoms with Crippen LogP contribution in [0, 0.1) is 0 Å². The molecule has 1 aromatic carbocycles. The van der Waals surface area contributed by atoms with Crippen LogP contribution in [-0.2, 0) is 9.59 Å². The van der Waals surface area contributed by atoms with Gasteiger partial charge in [-0.15, -0.1) is 0 Å². The minimum Gasteiger partial charge on any atom is -0.353 e. The lowest BCUT2D eigenvalue weighted by atomic mass is 10.0. The Bertz CT molecular complexity index is 480. The molecule has 108 valence electrons. The van der Waals surface area contributed by atoms with Crippen molar-refractivity contribution in [3.05, 3.63) is 34.3 Å². The van der Waals surface area contributed by atoms with E-state index in [-0.39, 0.29) is 30.4 Å². The smallest absolute Gasteiger partial charge is 0.239 e. The van der Waals surface area contributed by atoms with E-state index in [0.717, 1.165) is 16.5 Å². The van der Waals surface area contributed by atoms with Gasteiger partial charge < -0.3 is 10.6 Å². The van der Waals surface area contributed by atoms with E-state index in [1.807, 2.05) is 31.2 Å². The van der Waals surface area contributed by atoms with Gasteiger partial charge in [0.05, 0.1) is 12.6 Å². The summed E-state index contributed by atoms with van der Waals surface area (Å²) >= 11 is 3.40. The third-order valence-electron chi connectivity index (χ3n) is 3.33. The third-order valence-corrected chi connectivity index (χ3v) is 3.85. The van der Waals surface area contributed by atoms with Gasteiger partial charge in [-0.25, -0.2) is 0 Å². The van der Waals surface area contributed by atoms with Crippen LogP contribution in [0.1, 0.15) is 24.9 Å². The van der Waals surface area contributed by atoms with Gasteiger partial charge in [-0.1, -0.05) is 35.0 Å². The van der Waals surface area contributed by atoms with Crippen molar-refractivity contribution >= 4 is 27.7 Å². The molecule has 6 heteroatoms. The third kappa shape index (κ3) is 3.80. The summed E-state index contributed by atoms with van der Waals surface area (Å²) in [5, 5.41) is 8.63. The Morgan fingerprint density at radius 2 is 2.15 bits per heavy atom. The molecule has 1 aromatic rings. The standard InChI is InChI=1S/C14H18BrN3O2/c1-2-11(9-3-5-10(15)6-4-9)18-14(20)12-7-17-13(19)8-16-12/h3-6,11-12,16H,2,7-8H2,1H3,(H,17,19)(H,18,20). The van der Waals surface area contributed by atoms with Crippen molar-refractivity contribution in [2.75, 3.05) is 13.1 Å². The number of hydrogen-bond acceptors (Lipinski definition) is 3. The Kier molecular flexibility index (Phi) is 5.14. The molecule has 1 saturated heterocycles. The molecule has 3 N–H and O–H groups in total. The summed E-state index contributed by atoms with van der Waals surface area (Å²) in [5.41, 5.74) is 1.07. The van der Waals surface area contributed by atoms with Crippen molar-refractivity contribution in [3.63, 3.8) is 0 Å². The lowest BCUT2D eigenvalue weighted by Crippen LogP contribution is -2.58. The second kappa shape index (κ2) is 6.85. The molecule has 2 atom stereocenters. The molecular formula is C14H18BrN3O2. The number of carbonyl (C=O) groups is 2. The highest BCUT2D eigenvalue weighted by molar-refractivity contribution is 9.10. The van der Waals surface area contributed by atoms with Crippen molar-refractivity contribution in [2.45, 2.75) is 25.4 Å². The van der Waals surface area contributed by atoms with E-state index >= 15 is 0 Å². The van der Waals surface area contributed by atoms with Crippen LogP contribution < -0.4 is 16.0 Å². The zero-order valence-electron chi connectivity index (χ0n) is 11.3. The van der Waals surface area contributed by atoms with Crippen LogP contribution in [0.25, 0.3) is 0 Å². The molecule has 1 aliphatic rings. The quantitative estimate of drug-likeness (QED) is 0.769. The molecule has 1 aliphatic heterocycles. The van der Waals surface area contributed by atoms with Crippen molar-refractivity contribution in [3.8, 4) is 0 Å². The van der Waals surface area contributed by atoms with Gasteiger partial charge >= 0.3 is 0 Å². The van der Waals surface area contributed by atoms with Crippen LogP contribution in [0.15, 0.2) is 28.7 Å².